The number of rotatable bonds is 7. The lowest BCUT2D eigenvalue weighted by molar-refractivity contribution is -0.150. The van der Waals surface area contributed by atoms with Crippen LogP contribution in [0.15, 0.2) is 36.9 Å². The molecule has 8 heteroatoms. The monoisotopic (exact) mass is 326 g/mol. The van der Waals surface area contributed by atoms with E-state index in [1.54, 1.807) is 24.3 Å². The topological polar surface area (TPSA) is 93.7 Å². The molecule has 1 aromatic rings. The van der Waals surface area contributed by atoms with Gasteiger partial charge in [-0.1, -0.05) is 29.8 Å². The van der Waals surface area contributed by atoms with Crippen LogP contribution in [0.2, 0.25) is 5.02 Å². The summed E-state index contributed by atoms with van der Waals surface area (Å²) < 4.78 is 9.79. The molecule has 0 radical (unpaired) electrons. The van der Waals surface area contributed by atoms with E-state index in [-0.39, 0.29) is 6.54 Å². The summed E-state index contributed by atoms with van der Waals surface area (Å²) in [6, 6.07) is 5.91. The van der Waals surface area contributed by atoms with Crippen LogP contribution in [-0.4, -0.2) is 37.7 Å². The van der Waals surface area contributed by atoms with Crippen molar-refractivity contribution in [2.24, 2.45) is 0 Å². The zero-order valence-electron chi connectivity index (χ0n) is 11.6. The Bertz CT molecular complexity index is 562. The highest BCUT2D eigenvalue weighted by Gasteiger charge is 2.11. The maximum atomic E-state index is 11.4. The number of amides is 3. The van der Waals surface area contributed by atoms with Gasteiger partial charge in [0.2, 0.25) is 0 Å². The van der Waals surface area contributed by atoms with Gasteiger partial charge in [-0.25, -0.2) is 9.59 Å². The minimum Gasteiger partial charge on any atom is -0.480 e. The lowest BCUT2D eigenvalue weighted by atomic mass is 10.3. The van der Waals surface area contributed by atoms with E-state index >= 15 is 0 Å². The van der Waals surface area contributed by atoms with Crippen LogP contribution in [-0.2, 0) is 14.3 Å². The van der Waals surface area contributed by atoms with Crippen LogP contribution in [0.5, 0.6) is 5.75 Å². The molecule has 0 heterocycles. The number of carbonyl (C=O) groups excluding carboxylic acids is 3. The fourth-order valence-corrected chi connectivity index (χ4v) is 1.45. The van der Waals surface area contributed by atoms with Gasteiger partial charge in [0, 0.05) is 6.54 Å². The minimum atomic E-state index is -0.762. The average molecular weight is 327 g/mol. The van der Waals surface area contributed by atoms with Gasteiger partial charge in [-0.15, -0.1) is 6.58 Å². The van der Waals surface area contributed by atoms with Crippen molar-refractivity contribution >= 4 is 29.5 Å². The molecule has 0 saturated heterocycles. The first-order valence-electron chi connectivity index (χ1n) is 6.24. The smallest absolute Gasteiger partial charge is 0.344 e. The summed E-state index contributed by atoms with van der Waals surface area (Å²) in [5, 5.41) is 4.67. The fraction of sp³-hybridized carbons (Fsp3) is 0.214. The van der Waals surface area contributed by atoms with Crippen LogP contribution in [0.4, 0.5) is 4.79 Å². The molecule has 0 aliphatic heterocycles. The van der Waals surface area contributed by atoms with Gasteiger partial charge in [0.15, 0.2) is 13.2 Å². The second kappa shape index (κ2) is 9.41. The average Bonchev–Trinajstić information content (AvgIpc) is 2.50. The van der Waals surface area contributed by atoms with Crippen molar-refractivity contribution in [1.82, 2.24) is 10.6 Å². The lowest BCUT2D eigenvalue weighted by Gasteiger charge is -2.08. The van der Waals surface area contributed by atoms with Crippen molar-refractivity contribution < 1.29 is 23.9 Å². The van der Waals surface area contributed by atoms with Crippen LogP contribution in [0.3, 0.4) is 0 Å². The SMILES string of the molecule is C=CCNC(=O)NC(=O)COC(=O)COc1ccccc1Cl. The Hall–Kier alpha value is -2.54. The van der Waals surface area contributed by atoms with E-state index in [1.807, 2.05) is 5.32 Å². The number of carbonyl (C=O) groups is 3. The molecule has 0 saturated carbocycles. The number of imide groups is 1. The Labute approximate surface area is 132 Å². The molecule has 0 spiro atoms. The Morgan fingerprint density at radius 3 is 2.64 bits per heavy atom. The van der Waals surface area contributed by atoms with E-state index < -0.39 is 31.1 Å². The van der Waals surface area contributed by atoms with Crippen molar-refractivity contribution in [3.05, 3.63) is 41.9 Å². The van der Waals surface area contributed by atoms with Gasteiger partial charge in [-0.3, -0.25) is 10.1 Å². The van der Waals surface area contributed by atoms with E-state index in [2.05, 4.69) is 16.6 Å². The van der Waals surface area contributed by atoms with Crippen molar-refractivity contribution in [3.63, 3.8) is 0 Å². The number of esters is 1. The number of urea groups is 1. The third-order valence-corrected chi connectivity index (χ3v) is 2.52. The Balaban J connectivity index is 2.25. The molecule has 118 valence electrons. The fourth-order valence-electron chi connectivity index (χ4n) is 1.26. The van der Waals surface area contributed by atoms with Crippen molar-refractivity contribution in [3.8, 4) is 5.75 Å². The molecular weight excluding hydrogens is 312 g/mol. The molecule has 1 rings (SSSR count). The number of hydrogen-bond acceptors (Lipinski definition) is 5. The Kier molecular flexibility index (Phi) is 7.49. The molecular formula is C14H15ClN2O5. The van der Waals surface area contributed by atoms with E-state index in [0.29, 0.717) is 10.8 Å². The van der Waals surface area contributed by atoms with Crippen molar-refractivity contribution in [2.75, 3.05) is 19.8 Å². The minimum absolute atomic E-state index is 0.213. The van der Waals surface area contributed by atoms with Gasteiger partial charge >= 0.3 is 12.0 Å². The third-order valence-electron chi connectivity index (χ3n) is 2.21. The summed E-state index contributed by atoms with van der Waals surface area (Å²) in [4.78, 5) is 33.9. The van der Waals surface area contributed by atoms with Crippen molar-refractivity contribution in [1.29, 1.82) is 0 Å². The molecule has 0 aliphatic rings. The summed E-state index contributed by atoms with van der Waals surface area (Å²) in [5.74, 6) is -1.19. The maximum Gasteiger partial charge on any atom is 0.344 e. The van der Waals surface area contributed by atoms with E-state index in [1.165, 1.54) is 6.08 Å². The molecule has 7 nitrogen and oxygen atoms in total. The first-order chi connectivity index (χ1) is 10.5. The van der Waals surface area contributed by atoms with Crippen LogP contribution < -0.4 is 15.4 Å². The second-order valence-corrected chi connectivity index (χ2v) is 4.33. The quantitative estimate of drug-likeness (QED) is 0.581. The zero-order valence-corrected chi connectivity index (χ0v) is 12.4. The summed E-state index contributed by atoms with van der Waals surface area (Å²) in [6.45, 7) is 2.62. The van der Waals surface area contributed by atoms with Gasteiger partial charge in [0.05, 0.1) is 5.02 Å². The zero-order chi connectivity index (χ0) is 16.4. The summed E-state index contributed by atoms with van der Waals surface area (Å²) in [7, 11) is 0. The summed E-state index contributed by atoms with van der Waals surface area (Å²) >= 11 is 5.84. The number of ether oxygens (including phenoxy) is 2. The highest BCUT2D eigenvalue weighted by molar-refractivity contribution is 6.32. The molecule has 0 aromatic heterocycles. The second-order valence-electron chi connectivity index (χ2n) is 3.93. The standard InChI is InChI=1S/C14H15ClN2O5/c1-2-7-16-14(20)17-12(18)8-22-13(19)9-21-11-6-4-3-5-10(11)15/h2-6H,1,7-9H2,(H2,16,17,18,20). The van der Waals surface area contributed by atoms with Gasteiger partial charge in [-0.2, -0.15) is 0 Å². The molecule has 1 aromatic carbocycles. The van der Waals surface area contributed by atoms with Gasteiger partial charge in [-0.05, 0) is 12.1 Å². The summed E-state index contributed by atoms with van der Waals surface area (Å²) in [5.41, 5.74) is 0. The van der Waals surface area contributed by atoms with E-state index in [4.69, 9.17) is 16.3 Å². The molecule has 0 aliphatic carbocycles. The predicted octanol–water partition coefficient (Wildman–Crippen LogP) is 1.27. The normalized spacial score (nSPS) is 9.50. The molecule has 0 fully saturated rings. The number of hydrogen-bond donors (Lipinski definition) is 2. The number of nitrogens with one attached hydrogen (secondary N) is 2. The molecule has 0 bridgehead atoms. The van der Waals surface area contributed by atoms with Crippen LogP contribution >= 0.6 is 11.6 Å². The Morgan fingerprint density at radius 1 is 1.23 bits per heavy atom. The molecule has 0 unspecified atom stereocenters. The van der Waals surface area contributed by atoms with Crippen molar-refractivity contribution in [2.45, 2.75) is 0 Å². The third kappa shape index (κ3) is 6.76. The predicted molar refractivity (Wildman–Crippen MR) is 79.6 cm³/mol. The van der Waals surface area contributed by atoms with E-state index in [9.17, 15) is 14.4 Å². The van der Waals surface area contributed by atoms with Crippen LogP contribution in [0, 0.1) is 0 Å². The molecule has 2 N–H and O–H groups in total. The molecule has 22 heavy (non-hydrogen) atoms. The highest BCUT2D eigenvalue weighted by atomic mass is 35.5. The van der Waals surface area contributed by atoms with Crippen LogP contribution in [0.25, 0.3) is 0 Å². The van der Waals surface area contributed by atoms with Gasteiger partial charge in [0.25, 0.3) is 5.91 Å². The first kappa shape index (κ1) is 17.5. The molecule has 0 atom stereocenters. The first-order valence-corrected chi connectivity index (χ1v) is 6.62. The number of benzene rings is 1. The Morgan fingerprint density at radius 2 is 1.95 bits per heavy atom. The number of para-hydroxylation sites is 1. The number of halogens is 1. The maximum absolute atomic E-state index is 11.4. The van der Waals surface area contributed by atoms with Crippen LogP contribution in [0.1, 0.15) is 0 Å². The summed E-state index contributed by atoms with van der Waals surface area (Å²) in [6.07, 6.45) is 1.45. The largest absolute Gasteiger partial charge is 0.480 e. The highest BCUT2D eigenvalue weighted by Crippen LogP contribution is 2.22. The van der Waals surface area contributed by atoms with Gasteiger partial charge < -0.3 is 14.8 Å². The van der Waals surface area contributed by atoms with Gasteiger partial charge in [0.1, 0.15) is 5.75 Å². The van der Waals surface area contributed by atoms with E-state index in [0.717, 1.165) is 0 Å². The molecule has 3 amide bonds. The lowest BCUT2D eigenvalue weighted by Crippen LogP contribution is -2.41.